The van der Waals surface area contributed by atoms with Crippen molar-refractivity contribution in [1.82, 2.24) is 15.3 Å². The molecule has 0 aliphatic carbocycles. The molecule has 11 heteroatoms. The zero-order chi connectivity index (χ0) is 24.8. The predicted octanol–water partition coefficient (Wildman–Crippen LogP) is 2.26. The number of amides is 1. The molecule has 2 aromatic rings. The lowest BCUT2D eigenvalue weighted by molar-refractivity contribution is -0.124. The first kappa shape index (κ1) is 25.2. The third-order valence-corrected chi connectivity index (χ3v) is 4.98. The fourth-order valence-electron chi connectivity index (χ4n) is 2.74. The van der Waals surface area contributed by atoms with Gasteiger partial charge in [-0.05, 0) is 31.9 Å². The van der Waals surface area contributed by atoms with Gasteiger partial charge in [0.05, 0.1) is 37.2 Å². The zero-order valence-electron chi connectivity index (χ0n) is 18.9. The minimum atomic E-state index is -1.15. The summed E-state index contributed by atoms with van der Waals surface area (Å²) in [6, 6.07) is 2.79. The molecule has 11 nitrogen and oxygen atoms in total. The number of carbonyl (C=O) groups is 3. The van der Waals surface area contributed by atoms with Crippen molar-refractivity contribution in [3.05, 3.63) is 47.5 Å². The molecule has 1 amide bonds. The molecule has 3 heterocycles. The lowest BCUT2D eigenvalue weighted by Gasteiger charge is -2.21. The summed E-state index contributed by atoms with van der Waals surface area (Å²) >= 11 is 0. The quantitative estimate of drug-likeness (QED) is 0.565. The van der Waals surface area contributed by atoms with Gasteiger partial charge in [0.15, 0.2) is 5.84 Å². The number of aromatic carboxylic acids is 2. The molecule has 1 unspecified atom stereocenters. The fourth-order valence-corrected chi connectivity index (χ4v) is 2.74. The summed E-state index contributed by atoms with van der Waals surface area (Å²) in [6.07, 6.45) is 4.14. The van der Waals surface area contributed by atoms with Gasteiger partial charge in [-0.25, -0.2) is 19.6 Å². The number of hydrogen-bond acceptors (Lipinski definition) is 8. The summed E-state index contributed by atoms with van der Waals surface area (Å²) in [5, 5.41) is 20.5. The Labute approximate surface area is 190 Å². The number of ether oxygens (including phenoxy) is 2. The van der Waals surface area contributed by atoms with Gasteiger partial charge >= 0.3 is 11.9 Å². The molecule has 0 aromatic carbocycles. The molecule has 0 spiro atoms. The van der Waals surface area contributed by atoms with Crippen molar-refractivity contribution in [2.45, 2.75) is 33.2 Å². The molecule has 3 rings (SSSR count). The zero-order valence-corrected chi connectivity index (χ0v) is 18.9. The highest BCUT2D eigenvalue weighted by Crippen LogP contribution is 2.27. The van der Waals surface area contributed by atoms with E-state index in [1.807, 2.05) is 13.8 Å². The maximum atomic E-state index is 12.1. The van der Waals surface area contributed by atoms with Crippen LogP contribution in [-0.4, -0.2) is 63.1 Å². The average molecular weight is 458 g/mol. The van der Waals surface area contributed by atoms with Crippen LogP contribution >= 0.6 is 0 Å². The highest BCUT2D eigenvalue weighted by atomic mass is 16.5. The van der Waals surface area contributed by atoms with Crippen LogP contribution in [-0.2, 0) is 4.79 Å². The number of aliphatic imine (C=N–C) groups is 1. The number of aromatic nitrogens is 2. The molecule has 0 saturated carbocycles. The van der Waals surface area contributed by atoms with Crippen LogP contribution in [0.25, 0.3) is 0 Å². The Morgan fingerprint density at radius 2 is 1.82 bits per heavy atom. The largest absolute Gasteiger partial charge is 0.495 e. The maximum absolute atomic E-state index is 12.1. The summed E-state index contributed by atoms with van der Waals surface area (Å²) in [7, 11) is 1.46. The van der Waals surface area contributed by atoms with Crippen LogP contribution in [0.2, 0.25) is 0 Å². The first-order chi connectivity index (χ1) is 15.5. The van der Waals surface area contributed by atoms with Crippen LogP contribution < -0.4 is 14.8 Å². The van der Waals surface area contributed by atoms with Gasteiger partial charge in [-0.2, -0.15) is 0 Å². The Balaban J connectivity index is 0.000000294. The van der Waals surface area contributed by atoms with Crippen LogP contribution in [0, 0.1) is 5.92 Å². The van der Waals surface area contributed by atoms with Gasteiger partial charge < -0.3 is 25.0 Å². The van der Waals surface area contributed by atoms with E-state index >= 15 is 0 Å². The molecule has 1 aliphatic rings. The van der Waals surface area contributed by atoms with Crippen molar-refractivity contribution in [2.24, 2.45) is 10.9 Å². The lowest BCUT2D eigenvalue weighted by atomic mass is 9.89. The Hall–Kier alpha value is -4.02. The first-order valence-corrected chi connectivity index (χ1v) is 10.0. The van der Waals surface area contributed by atoms with Crippen molar-refractivity contribution < 1.29 is 34.1 Å². The number of nitrogens with zero attached hydrogens (tertiary/aromatic N) is 3. The standard InChI is InChI=1S/C15H19N3O4.C7H7NO3/c1-5-22-9-6-10(13(19)20)11(16-7-9)12-17-14(21)15(4,18-12)8(2)3;1-11-6-2-5(7(9)10)3-8-4-6/h6-8H,5H2,1-4H3,(H,19,20)(H,17,18,21);2-4H,1H3,(H,9,10). The Bertz CT molecular complexity index is 1080. The Morgan fingerprint density at radius 3 is 2.33 bits per heavy atom. The third-order valence-electron chi connectivity index (χ3n) is 4.98. The highest BCUT2D eigenvalue weighted by molar-refractivity contribution is 6.17. The van der Waals surface area contributed by atoms with Gasteiger partial charge in [-0.15, -0.1) is 0 Å². The number of carboxylic acids is 2. The summed E-state index contributed by atoms with van der Waals surface area (Å²) in [5.41, 5.74) is -0.721. The number of pyridine rings is 2. The van der Waals surface area contributed by atoms with Crippen molar-refractivity contribution in [3.63, 3.8) is 0 Å². The second-order valence-corrected chi connectivity index (χ2v) is 7.44. The van der Waals surface area contributed by atoms with Crippen molar-refractivity contribution in [1.29, 1.82) is 0 Å². The molecule has 1 aliphatic heterocycles. The van der Waals surface area contributed by atoms with E-state index in [1.54, 1.807) is 13.8 Å². The van der Waals surface area contributed by atoms with Gasteiger partial charge in [-0.1, -0.05) is 13.8 Å². The van der Waals surface area contributed by atoms with Crippen LogP contribution in [0.15, 0.2) is 35.7 Å². The van der Waals surface area contributed by atoms with Gasteiger partial charge in [0.25, 0.3) is 5.91 Å². The highest BCUT2D eigenvalue weighted by Gasteiger charge is 2.43. The average Bonchev–Trinajstić information content (AvgIpc) is 3.10. The van der Waals surface area contributed by atoms with Gasteiger partial charge in [0.1, 0.15) is 22.7 Å². The van der Waals surface area contributed by atoms with E-state index in [2.05, 4.69) is 20.3 Å². The van der Waals surface area contributed by atoms with Crippen molar-refractivity contribution in [3.8, 4) is 11.5 Å². The number of hydrogen-bond donors (Lipinski definition) is 3. The van der Waals surface area contributed by atoms with Crippen molar-refractivity contribution in [2.75, 3.05) is 13.7 Å². The normalized spacial score (nSPS) is 16.9. The SMILES string of the molecule is CCOc1cnc(C2=NC(C)(C(C)C)C(=O)N2)c(C(=O)O)c1.COc1cncc(C(=O)O)c1. The molecular formula is C22H26N4O7. The number of nitrogens with one attached hydrogen (secondary N) is 1. The molecule has 0 fully saturated rings. The topological polar surface area (TPSA) is 160 Å². The number of carboxylic acid groups (broad SMARTS) is 2. The van der Waals surface area contributed by atoms with E-state index in [-0.39, 0.29) is 34.5 Å². The molecule has 33 heavy (non-hydrogen) atoms. The number of rotatable bonds is 7. The summed E-state index contributed by atoms with van der Waals surface area (Å²) in [6.45, 7) is 7.69. The smallest absolute Gasteiger partial charge is 0.338 e. The minimum absolute atomic E-state index is 0.0269. The van der Waals surface area contributed by atoms with Gasteiger partial charge in [-0.3, -0.25) is 9.78 Å². The lowest BCUT2D eigenvalue weighted by Crippen LogP contribution is -2.41. The molecule has 2 aromatic heterocycles. The van der Waals surface area contributed by atoms with Crippen LogP contribution in [0.3, 0.4) is 0 Å². The molecule has 0 saturated heterocycles. The monoisotopic (exact) mass is 458 g/mol. The second kappa shape index (κ2) is 10.5. The van der Waals surface area contributed by atoms with Gasteiger partial charge in [0.2, 0.25) is 0 Å². The third kappa shape index (κ3) is 5.82. The second-order valence-electron chi connectivity index (χ2n) is 7.44. The van der Waals surface area contributed by atoms with E-state index in [4.69, 9.17) is 14.6 Å². The summed E-state index contributed by atoms with van der Waals surface area (Å²) in [5.74, 6) is -1.45. The molecule has 0 bridgehead atoms. The van der Waals surface area contributed by atoms with E-state index < -0.39 is 17.5 Å². The van der Waals surface area contributed by atoms with Crippen LogP contribution in [0.5, 0.6) is 11.5 Å². The summed E-state index contributed by atoms with van der Waals surface area (Å²) < 4.78 is 10.0. The van der Waals surface area contributed by atoms with E-state index in [1.165, 1.54) is 37.8 Å². The summed E-state index contributed by atoms with van der Waals surface area (Å²) in [4.78, 5) is 46.1. The van der Waals surface area contributed by atoms with Crippen LogP contribution in [0.4, 0.5) is 0 Å². The number of carbonyl (C=O) groups excluding carboxylic acids is 1. The van der Waals surface area contributed by atoms with E-state index in [0.29, 0.717) is 18.1 Å². The maximum Gasteiger partial charge on any atom is 0.338 e. The van der Waals surface area contributed by atoms with E-state index in [9.17, 15) is 19.5 Å². The van der Waals surface area contributed by atoms with Gasteiger partial charge in [0, 0.05) is 6.20 Å². The van der Waals surface area contributed by atoms with Crippen LogP contribution in [0.1, 0.15) is 54.1 Å². The predicted molar refractivity (Wildman–Crippen MR) is 118 cm³/mol. The molecule has 3 N–H and O–H groups in total. The molecular weight excluding hydrogens is 432 g/mol. The number of amidine groups is 1. The fraction of sp³-hybridized carbons (Fsp3) is 0.364. The Morgan fingerprint density at radius 1 is 1.12 bits per heavy atom. The van der Waals surface area contributed by atoms with Crippen molar-refractivity contribution >= 4 is 23.7 Å². The first-order valence-electron chi connectivity index (χ1n) is 10.0. The molecule has 1 atom stereocenters. The minimum Gasteiger partial charge on any atom is -0.495 e. The van der Waals surface area contributed by atoms with E-state index in [0.717, 1.165) is 0 Å². The molecule has 0 radical (unpaired) electrons. The molecule has 176 valence electrons. The Kier molecular flexibility index (Phi) is 8.05. The number of methoxy groups -OCH3 is 1.